The lowest BCUT2D eigenvalue weighted by molar-refractivity contribution is 0.459. The predicted molar refractivity (Wildman–Crippen MR) is 89.4 cm³/mol. The molecule has 4 nitrogen and oxygen atoms in total. The van der Waals surface area contributed by atoms with Crippen LogP contribution >= 0.6 is 0 Å². The second kappa shape index (κ2) is 5.64. The smallest absolute Gasteiger partial charge is 0.218 e. The minimum absolute atomic E-state index is 0.0446. The Morgan fingerprint density at radius 3 is 2.41 bits per heavy atom. The summed E-state index contributed by atoms with van der Waals surface area (Å²) >= 11 is 0. The highest BCUT2D eigenvalue weighted by molar-refractivity contribution is 5.94. The van der Waals surface area contributed by atoms with Crippen molar-refractivity contribution in [2.45, 2.75) is 26.7 Å². The highest BCUT2D eigenvalue weighted by atomic mass is 16.3. The van der Waals surface area contributed by atoms with E-state index in [0.717, 1.165) is 22.2 Å². The first-order chi connectivity index (χ1) is 10.5. The van der Waals surface area contributed by atoms with E-state index in [2.05, 4.69) is 41.2 Å². The highest BCUT2D eigenvalue weighted by Gasteiger charge is 2.10. The van der Waals surface area contributed by atoms with E-state index in [9.17, 15) is 5.11 Å². The molecule has 3 rings (SSSR count). The van der Waals surface area contributed by atoms with Gasteiger partial charge in [-0.05, 0) is 42.7 Å². The highest BCUT2D eigenvalue weighted by Crippen LogP contribution is 2.36. The number of aromatic nitrogens is 1. The van der Waals surface area contributed by atoms with Crippen molar-refractivity contribution in [2.24, 2.45) is 10.2 Å². The maximum absolute atomic E-state index is 10.0. The molecule has 0 amide bonds. The fourth-order valence-electron chi connectivity index (χ4n) is 2.41. The molecule has 0 spiro atoms. The summed E-state index contributed by atoms with van der Waals surface area (Å²) in [5, 5.41) is 19.3. The predicted octanol–water partition coefficient (Wildman–Crippen LogP) is 5.72. The summed E-state index contributed by atoms with van der Waals surface area (Å²) < 4.78 is 0. The van der Waals surface area contributed by atoms with E-state index < -0.39 is 0 Å². The monoisotopic (exact) mass is 293 g/mol. The maximum atomic E-state index is 10.0. The van der Waals surface area contributed by atoms with E-state index in [1.165, 1.54) is 5.56 Å². The standard InChI is InChI=1S/C18H19N3O/c1-11(2)13-5-7-14(8-6-13)20-21-17-15-10-12(3)4-9-16(15)19-18(17)22/h4-11,19,22H,1-3H3. The molecule has 22 heavy (non-hydrogen) atoms. The molecule has 4 heteroatoms. The van der Waals surface area contributed by atoms with Crippen LogP contribution in [-0.2, 0) is 0 Å². The zero-order valence-electron chi connectivity index (χ0n) is 13.0. The second-order valence-corrected chi connectivity index (χ2v) is 5.82. The molecule has 2 N–H and O–H groups in total. The molecule has 0 saturated carbocycles. The van der Waals surface area contributed by atoms with Crippen LogP contribution in [0.15, 0.2) is 52.7 Å². The number of aromatic amines is 1. The van der Waals surface area contributed by atoms with Crippen molar-refractivity contribution in [3.05, 3.63) is 53.6 Å². The largest absolute Gasteiger partial charge is 0.493 e. The van der Waals surface area contributed by atoms with E-state index in [-0.39, 0.29) is 5.88 Å². The van der Waals surface area contributed by atoms with Crippen LogP contribution in [-0.4, -0.2) is 10.1 Å². The number of aryl methyl sites for hydroxylation is 1. The fraction of sp³-hybridized carbons (Fsp3) is 0.222. The average molecular weight is 293 g/mol. The molecule has 0 atom stereocenters. The number of rotatable bonds is 3. The number of aromatic hydroxyl groups is 1. The minimum atomic E-state index is 0.0446. The number of fused-ring (bicyclic) bond motifs is 1. The maximum Gasteiger partial charge on any atom is 0.218 e. The van der Waals surface area contributed by atoms with Gasteiger partial charge in [0.15, 0.2) is 5.69 Å². The van der Waals surface area contributed by atoms with E-state index >= 15 is 0 Å². The van der Waals surface area contributed by atoms with Crippen LogP contribution in [0.1, 0.15) is 30.9 Å². The van der Waals surface area contributed by atoms with Crippen molar-refractivity contribution >= 4 is 22.3 Å². The molecule has 112 valence electrons. The Morgan fingerprint density at radius 1 is 1.00 bits per heavy atom. The van der Waals surface area contributed by atoms with E-state index in [1.54, 1.807) is 0 Å². The Balaban J connectivity index is 1.95. The number of azo groups is 1. The Kier molecular flexibility index (Phi) is 3.67. The number of hydrogen-bond donors (Lipinski definition) is 2. The van der Waals surface area contributed by atoms with Crippen molar-refractivity contribution in [3.8, 4) is 5.88 Å². The lowest BCUT2D eigenvalue weighted by Crippen LogP contribution is -1.84. The molecule has 0 unspecified atom stereocenters. The molecule has 2 aromatic carbocycles. The van der Waals surface area contributed by atoms with Gasteiger partial charge >= 0.3 is 0 Å². The molecule has 1 heterocycles. The molecular weight excluding hydrogens is 274 g/mol. The first-order valence-electron chi connectivity index (χ1n) is 7.37. The summed E-state index contributed by atoms with van der Waals surface area (Å²) in [5.41, 5.74) is 4.48. The Morgan fingerprint density at radius 2 is 1.73 bits per heavy atom. The molecule has 0 bridgehead atoms. The van der Waals surface area contributed by atoms with Gasteiger partial charge in [0.2, 0.25) is 5.88 Å². The van der Waals surface area contributed by atoms with Gasteiger partial charge in [-0.2, -0.15) is 5.11 Å². The van der Waals surface area contributed by atoms with E-state index in [4.69, 9.17) is 0 Å². The topological polar surface area (TPSA) is 60.7 Å². The summed E-state index contributed by atoms with van der Waals surface area (Å²) in [7, 11) is 0. The molecular formula is C18H19N3O. The number of nitrogens with zero attached hydrogens (tertiary/aromatic N) is 2. The van der Waals surface area contributed by atoms with Gasteiger partial charge in [-0.3, -0.25) is 0 Å². The second-order valence-electron chi connectivity index (χ2n) is 5.82. The molecule has 1 aromatic heterocycles. The number of hydrogen-bond acceptors (Lipinski definition) is 3. The lowest BCUT2D eigenvalue weighted by Gasteiger charge is -2.03. The van der Waals surface area contributed by atoms with Gasteiger partial charge in [-0.25, -0.2) is 0 Å². The molecule has 0 radical (unpaired) electrons. The SMILES string of the molecule is Cc1ccc2[nH]c(O)c(N=Nc3ccc(C(C)C)cc3)c2c1. The number of benzene rings is 2. The average Bonchev–Trinajstić information content (AvgIpc) is 2.80. The van der Waals surface area contributed by atoms with Crippen LogP contribution in [0.3, 0.4) is 0 Å². The van der Waals surface area contributed by atoms with Gasteiger partial charge in [0.25, 0.3) is 0 Å². The zero-order chi connectivity index (χ0) is 15.7. The number of nitrogens with one attached hydrogen (secondary N) is 1. The summed E-state index contributed by atoms with van der Waals surface area (Å²) in [4.78, 5) is 2.92. The molecule has 0 saturated heterocycles. The summed E-state index contributed by atoms with van der Waals surface area (Å²) in [6.45, 7) is 6.32. The van der Waals surface area contributed by atoms with Gasteiger partial charge in [-0.15, -0.1) is 5.11 Å². The van der Waals surface area contributed by atoms with Gasteiger partial charge in [0.1, 0.15) is 0 Å². The van der Waals surface area contributed by atoms with Crippen molar-refractivity contribution in [1.29, 1.82) is 0 Å². The van der Waals surface area contributed by atoms with Gasteiger partial charge in [0, 0.05) is 5.39 Å². The normalized spacial score (nSPS) is 11.8. The Labute approximate surface area is 129 Å². The Bertz CT molecular complexity index is 829. The molecule has 3 aromatic rings. The van der Waals surface area contributed by atoms with Crippen LogP contribution in [0.2, 0.25) is 0 Å². The van der Waals surface area contributed by atoms with Crippen LogP contribution in [0, 0.1) is 6.92 Å². The van der Waals surface area contributed by atoms with Crippen LogP contribution in [0.25, 0.3) is 10.9 Å². The van der Waals surface area contributed by atoms with Crippen LogP contribution in [0.5, 0.6) is 5.88 Å². The minimum Gasteiger partial charge on any atom is -0.493 e. The number of H-pyrrole nitrogens is 1. The van der Waals surface area contributed by atoms with Gasteiger partial charge in [0.05, 0.1) is 11.2 Å². The van der Waals surface area contributed by atoms with Gasteiger partial charge in [-0.1, -0.05) is 37.6 Å². The third kappa shape index (κ3) is 2.72. The third-order valence-corrected chi connectivity index (χ3v) is 3.73. The van der Waals surface area contributed by atoms with Crippen LogP contribution < -0.4 is 0 Å². The Hall–Kier alpha value is -2.62. The van der Waals surface area contributed by atoms with Crippen molar-refractivity contribution < 1.29 is 5.11 Å². The molecule has 0 aliphatic rings. The van der Waals surface area contributed by atoms with Crippen molar-refractivity contribution in [2.75, 3.05) is 0 Å². The first kappa shape index (κ1) is 14.3. The summed E-state index contributed by atoms with van der Waals surface area (Å²) in [6, 6.07) is 13.9. The molecule has 0 fully saturated rings. The quantitative estimate of drug-likeness (QED) is 0.596. The summed E-state index contributed by atoms with van der Waals surface area (Å²) in [5.74, 6) is 0.537. The summed E-state index contributed by atoms with van der Waals surface area (Å²) in [6.07, 6.45) is 0. The van der Waals surface area contributed by atoms with Crippen molar-refractivity contribution in [3.63, 3.8) is 0 Å². The zero-order valence-corrected chi connectivity index (χ0v) is 13.0. The molecule has 0 aliphatic heterocycles. The van der Waals surface area contributed by atoms with Gasteiger partial charge < -0.3 is 10.1 Å². The van der Waals surface area contributed by atoms with E-state index in [0.29, 0.717) is 11.6 Å². The first-order valence-corrected chi connectivity index (χ1v) is 7.37. The fourth-order valence-corrected chi connectivity index (χ4v) is 2.41. The third-order valence-electron chi connectivity index (χ3n) is 3.73. The lowest BCUT2D eigenvalue weighted by atomic mass is 10.0. The van der Waals surface area contributed by atoms with E-state index in [1.807, 2.05) is 37.3 Å². The van der Waals surface area contributed by atoms with Crippen LogP contribution in [0.4, 0.5) is 11.4 Å². The molecule has 0 aliphatic carbocycles. The van der Waals surface area contributed by atoms with Crippen molar-refractivity contribution in [1.82, 2.24) is 4.98 Å².